The highest BCUT2D eigenvalue weighted by molar-refractivity contribution is 6.17. The SMILES string of the molecule is O=C(OCCl)c1ccc2nccn2c1. The Balaban J connectivity index is 2.38. The molecule has 0 atom stereocenters. The van der Waals surface area contributed by atoms with E-state index in [1.165, 1.54) is 0 Å². The van der Waals surface area contributed by atoms with Gasteiger partial charge >= 0.3 is 5.97 Å². The number of aromatic nitrogens is 2. The van der Waals surface area contributed by atoms with Crippen LogP contribution < -0.4 is 0 Å². The highest BCUT2D eigenvalue weighted by Crippen LogP contribution is 2.06. The van der Waals surface area contributed by atoms with E-state index < -0.39 is 5.97 Å². The monoisotopic (exact) mass is 210 g/mol. The van der Waals surface area contributed by atoms with Gasteiger partial charge in [0.2, 0.25) is 0 Å². The normalized spacial score (nSPS) is 10.4. The van der Waals surface area contributed by atoms with E-state index in [9.17, 15) is 4.79 Å². The molecule has 0 aliphatic rings. The Bertz CT molecular complexity index is 467. The van der Waals surface area contributed by atoms with Crippen LogP contribution in [-0.4, -0.2) is 21.4 Å². The number of rotatable bonds is 2. The summed E-state index contributed by atoms with van der Waals surface area (Å²) in [5.41, 5.74) is 1.24. The number of carbonyl (C=O) groups is 1. The number of pyridine rings is 1. The van der Waals surface area contributed by atoms with Gasteiger partial charge < -0.3 is 9.14 Å². The molecule has 5 heteroatoms. The molecule has 0 bridgehead atoms. The lowest BCUT2D eigenvalue weighted by atomic mass is 10.3. The van der Waals surface area contributed by atoms with Gasteiger partial charge in [0.05, 0.1) is 5.56 Å². The highest BCUT2D eigenvalue weighted by Gasteiger charge is 2.06. The molecule has 0 spiro atoms. The van der Waals surface area contributed by atoms with Gasteiger partial charge in [-0.1, -0.05) is 11.6 Å². The van der Waals surface area contributed by atoms with Crippen molar-refractivity contribution in [3.05, 3.63) is 36.3 Å². The topological polar surface area (TPSA) is 43.6 Å². The summed E-state index contributed by atoms with van der Waals surface area (Å²) < 4.78 is 6.39. The van der Waals surface area contributed by atoms with Crippen LogP contribution >= 0.6 is 11.6 Å². The van der Waals surface area contributed by atoms with Crippen LogP contribution in [0.4, 0.5) is 0 Å². The molecule has 0 saturated heterocycles. The van der Waals surface area contributed by atoms with E-state index in [1.54, 1.807) is 35.1 Å². The first-order valence-electron chi connectivity index (χ1n) is 3.97. The molecule has 0 saturated carbocycles. The van der Waals surface area contributed by atoms with Gasteiger partial charge in [-0.05, 0) is 12.1 Å². The van der Waals surface area contributed by atoms with Crippen LogP contribution in [0, 0.1) is 0 Å². The molecule has 2 heterocycles. The number of nitrogens with zero attached hydrogens (tertiary/aromatic N) is 2. The van der Waals surface area contributed by atoms with Crippen molar-refractivity contribution in [2.24, 2.45) is 0 Å². The van der Waals surface area contributed by atoms with Crippen molar-refractivity contribution in [2.45, 2.75) is 0 Å². The van der Waals surface area contributed by atoms with E-state index >= 15 is 0 Å². The average molecular weight is 211 g/mol. The Morgan fingerprint density at radius 2 is 2.43 bits per heavy atom. The summed E-state index contributed by atoms with van der Waals surface area (Å²) in [6.07, 6.45) is 5.07. The van der Waals surface area contributed by atoms with E-state index in [0.717, 1.165) is 5.65 Å². The smallest absolute Gasteiger partial charge is 0.340 e. The number of hydrogen-bond donors (Lipinski definition) is 0. The third-order valence-electron chi connectivity index (χ3n) is 1.81. The number of ether oxygens (including phenoxy) is 1. The molecular weight excluding hydrogens is 204 g/mol. The molecule has 72 valence electrons. The molecule has 0 aliphatic carbocycles. The van der Waals surface area contributed by atoms with E-state index in [0.29, 0.717) is 5.56 Å². The van der Waals surface area contributed by atoms with E-state index in [-0.39, 0.29) is 6.07 Å². The van der Waals surface area contributed by atoms with Crippen LogP contribution in [0.1, 0.15) is 10.4 Å². The predicted molar refractivity (Wildman–Crippen MR) is 51.3 cm³/mol. The third-order valence-corrected chi connectivity index (χ3v) is 1.92. The minimum atomic E-state index is -0.435. The zero-order valence-corrected chi connectivity index (χ0v) is 7.94. The van der Waals surface area contributed by atoms with Crippen molar-refractivity contribution in [2.75, 3.05) is 6.07 Å². The molecule has 0 radical (unpaired) electrons. The summed E-state index contributed by atoms with van der Waals surface area (Å²) in [6, 6.07) is 3.25. The Labute approximate surface area is 85.1 Å². The molecule has 14 heavy (non-hydrogen) atoms. The zero-order valence-electron chi connectivity index (χ0n) is 7.18. The first-order valence-corrected chi connectivity index (χ1v) is 4.50. The lowest BCUT2D eigenvalue weighted by Crippen LogP contribution is -2.04. The fraction of sp³-hybridized carbons (Fsp3) is 0.111. The maximum atomic E-state index is 11.3. The molecular formula is C9H7ClN2O2. The van der Waals surface area contributed by atoms with Crippen LogP contribution in [0.3, 0.4) is 0 Å². The predicted octanol–water partition coefficient (Wildman–Crippen LogP) is 1.69. The Hall–Kier alpha value is -1.55. The number of carbonyl (C=O) groups excluding carboxylic acids is 1. The summed E-state index contributed by atoms with van der Waals surface area (Å²) in [5, 5.41) is 0. The average Bonchev–Trinajstić information content (AvgIpc) is 2.64. The summed E-state index contributed by atoms with van der Waals surface area (Å²) in [4.78, 5) is 15.3. The standard InChI is InChI=1S/C9H7ClN2O2/c10-6-14-9(13)7-1-2-8-11-3-4-12(8)5-7/h1-5H,6H2. The summed E-state index contributed by atoms with van der Waals surface area (Å²) in [6.45, 7) is 0. The number of fused-ring (bicyclic) bond motifs is 1. The van der Waals surface area contributed by atoms with Gasteiger partial charge in [0.1, 0.15) is 5.65 Å². The Morgan fingerprint density at radius 1 is 1.57 bits per heavy atom. The second-order valence-electron chi connectivity index (χ2n) is 2.65. The molecule has 0 N–H and O–H groups in total. The number of halogens is 1. The van der Waals surface area contributed by atoms with Crippen LogP contribution in [0.15, 0.2) is 30.7 Å². The summed E-state index contributed by atoms with van der Waals surface area (Å²) >= 11 is 5.28. The molecule has 4 nitrogen and oxygen atoms in total. The van der Waals surface area contributed by atoms with Crippen LogP contribution in [-0.2, 0) is 4.74 Å². The Kier molecular flexibility index (Phi) is 2.37. The van der Waals surface area contributed by atoms with Gasteiger partial charge in [0.15, 0.2) is 6.07 Å². The van der Waals surface area contributed by atoms with Crippen molar-refractivity contribution in [1.82, 2.24) is 9.38 Å². The van der Waals surface area contributed by atoms with Crippen LogP contribution in [0.2, 0.25) is 0 Å². The van der Waals surface area contributed by atoms with Crippen LogP contribution in [0.5, 0.6) is 0 Å². The van der Waals surface area contributed by atoms with Gasteiger partial charge in [0.25, 0.3) is 0 Å². The van der Waals surface area contributed by atoms with Gasteiger partial charge in [-0.25, -0.2) is 9.78 Å². The van der Waals surface area contributed by atoms with Gasteiger partial charge in [-0.2, -0.15) is 0 Å². The summed E-state index contributed by atoms with van der Waals surface area (Å²) in [5.74, 6) is -0.435. The highest BCUT2D eigenvalue weighted by atomic mass is 35.5. The van der Waals surface area contributed by atoms with Gasteiger partial charge in [0, 0.05) is 18.6 Å². The molecule has 0 aromatic carbocycles. The van der Waals surface area contributed by atoms with Crippen molar-refractivity contribution >= 4 is 23.2 Å². The largest absolute Gasteiger partial charge is 0.446 e. The maximum absolute atomic E-state index is 11.3. The third kappa shape index (κ3) is 1.56. The fourth-order valence-electron chi connectivity index (χ4n) is 1.17. The molecule has 2 aromatic heterocycles. The van der Waals surface area contributed by atoms with Crippen molar-refractivity contribution in [1.29, 1.82) is 0 Å². The number of esters is 1. The van der Waals surface area contributed by atoms with Crippen LogP contribution in [0.25, 0.3) is 5.65 Å². The maximum Gasteiger partial charge on any atom is 0.340 e. The molecule has 2 aromatic rings. The first kappa shape index (κ1) is 9.02. The second-order valence-corrected chi connectivity index (χ2v) is 2.87. The molecule has 2 rings (SSSR count). The van der Waals surface area contributed by atoms with Gasteiger partial charge in [-0.3, -0.25) is 0 Å². The molecule has 0 unspecified atom stereocenters. The minimum absolute atomic E-state index is 0.138. The van der Waals surface area contributed by atoms with Crippen molar-refractivity contribution < 1.29 is 9.53 Å². The zero-order chi connectivity index (χ0) is 9.97. The fourth-order valence-corrected chi connectivity index (χ4v) is 1.27. The van der Waals surface area contributed by atoms with Crippen molar-refractivity contribution in [3.63, 3.8) is 0 Å². The van der Waals surface area contributed by atoms with Crippen molar-refractivity contribution in [3.8, 4) is 0 Å². The second kappa shape index (κ2) is 3.67. The Morgan fingerprint density at radius 3 is 3.21 bits per heavy atom. The molecule has 0 aliphatic heterocycles. The lowest BCUT2D eigenvalue weighted by molar-refractivity contribution is 0.0573. The first-order chi connectivity index (χ1) is 6.81. The van der Waals surface area contributed by atoms with E-state index in [4.69, 9.17) is 11.6 Å². The van der Waals surface area contributed by atoms with E-state index in [2.05, 4.69) is 9.72 Å². The quantitative estimate of drug-likeness (QED) is 0.560. The lowest BCUT2D eigenvalue weighted by Gasteiger charge is -2.00. The number of imidazole rings is 1. The molecule has 0 fully saturated rings. The summed E-state index contributed by atoms with van der Waals surface area (Å²) in [7, 11) is 0. The number of hydrogen-bond acceptors (Lipinski definition) is 3. The van der Waals surface area contributed by atoms with E-state index in [1.807, 2.05) is 0 Å². The van der Waals surface area contributed by atoms with Gasteiger partial charge in [-0.15, -0.1) is 0 Å². The number of alkyl halides is 1. The molecule has 0 amide bonds. The minimum Gasteiger partial charge on any atom is -0.446 e.